The molecule has 4 nitrogen and oxygen atoms in total. The summed E-state index contributed by atoms with van der Waals surface area (Å²) in [5.74, 6) is -1.59. The second kappa shape index (κ2) is 7.07. The van der Waals surface area contributed by atoms with E-state index in [1.54, 1.807) is 6.92 Å². The van der Waals surface area contributed by atoms with Gasteiger partial charge in [-0.25, -0.2) is 4.79 Å². The molecule has 0 aromatic heterocycles. The average Bonchev–Trinajstić information content (AvgIpc) is 2.54. The van der Waals surface area contributed by atoms with Crippen LogP contribution in [0.4, 0.5) is 0 Å². The van der Waals surface area contributed by atoms with E-state index in [4.69, 9.17) is 9.47 Å². The lowest BCUT2D eigenvalue weighted by atomic mass is 9.80. The van der Waals surface area contributed by atoms with Crippen molar-refractivity contribution < 1.29 is 19.1 Å². The molecule has 0 bridgehead atoms. The maximum absolute atomic E-state index is 12.4. The van der Waals surface area contributed by atoms with Crippen molar-refractivity contribution in [3.63, 3.8) is 0 Å². The van der Waals surface area contributed by atoms with Crippen molar-refractivity contribution in [3.8, 4) is 0 Å². The van der Waals surface area contributed by atoms with Gasteiger partial charge in [0.25, 0.3) is 0 Å². The molecule has 0 fully saturated rings. The molecule has 0 spiro atoms. The summed E-state index contributed by atoms with van der Waals surface area (Å²) in [4.78, 5) is 24.5. The number of allylic oxidation sites excluding steroid dienone is 3. The first-order valence-electron chi connectivity index (χ1n) is 7.22. The molecule has 1 aromatic rings. The minimum Gasteiger partial charge on any atom is -0.469 e. The van der Waals surface area contributed by atoms with Crippen LogP contribution in [0.15, 0.2) is 53.6 Å². The lowest BCUT2D eigenvalue weighted by molar-refractivity contribution is -0.150. The molecule has 1 aromatic carbocycles. The van der Waals surface area contributed by atoms with Crippen molar-refractivity contribution >= 4 is 11.9 Å². The van der Waals surface area contributed by atoms with Gasteiger partial charge in [-0.05, 0) is 24.0 Å². The van der Waals surface area contributed by atoms with Crippen LogP contribution < -0.4 is 0 Å². The number of hydrogen-bond donors (Lipinski definition) is 0. The highest BCUT2D eigenvalue weighted by Crippen LogP contribution is 2.32. The minimum atomic E-state index is -0.613. The summed E-state index contributed by atoms with van der Waals surface area (Å²) in [5, 5.41) is 0. The molecule has 0 saturated carbocycles. The molecule has 0 radical (unpaired) electrons. The number of hydrogen-bond acceptors (Lipinski definition) is 4. The van der Waals surface area contributed by atoms with E-state index in [1.165, 1.54) is 7.11 Å². The normalized spacial score (nSPS) is 20.7. The van der Waals surface area contributed by atoms with E-state index in [1.807, 2.05) is 49.4 Å². The Hall–Kier alpha value is -2.36. The number of benzene rings is 1. The van der Waals surface area contributed by atoms with Crippen LogP contribution in [0.25, 0.3) is 0 Å². The van der Waals surface area contributed by atoms with Crippen LogP contribution >= 0.6 is 0 Å². The maximum Gasteiger partial charge on any atom is 0.335 e. The van der Waals surface area contributed by atoms with Gasteiger partial charge in [0.05, 0.1) is 18.6 Å². The molecule has 0 N–H and O–H groups in total. The van der Waals surface area contributed by atoms with Gasteiger partial charge >= 0.3 is 11.9 Å². The highest BCUT2D eigenvalue weighted by molar-refractivity contribution is 5.97. The quantitative estimate of drug-likeness (QED) is 0.802. The van der Waals surface area contributed by atoms with Crippen LogP contribution in [-0.2, 0) is 25.7 Å². The van der Waals surface area contributed by atoms with Gasteiger partial charge in [0.2, 0.25) is 0 Å². The monoisotopic (exact) mass is 300 g/mol. The molecule has 1 aliphatic rings. The Labute approximate surface area is 130 Å². The summed E-state index contributed by atoms with van der Waals surface area (Å²) >= 11 is 0. The summed E-state index contributed by atoms with van der Waals surface area (Å²) in [6, 6.07) is 9.44. The fraction of sp³-hybridized carbons (Fsp3) is 0.333. The standard InChI is InChI=1S/C18H20O4/c1-12-9-10-13(2)16(15(12)17(19)21-3)18(20)22-11-14-7-5-4-6-8-14/h4-10,12,15H,11H2,1-3H3/t12-,15+/m1/s1. The van der Waals surface area contributed by atoms with E-state index in [0.717, 1.165) is 11.1 Å². The molecule has 0 aliphatic heterocycles. The van der Waals surface area contributed by atoms with E-state index in [-0.39, 0.29) is 12.5 Å². The first-order valence-corrected chi connectivity index (χ1v) is 7.22. The zero-order valence-corrected chi connectivity index (χ0v) is 13.0. The minimum absolute atomic E-state index is 0.101. The lowest BCUT2D eigenvalue weighted by Crippen LogP contribution is -2.31. The van der Waals surface area contributed by atoms with E-state index < -0.39 is 17.9 Å². The van der Waals surface area contributed by atoms with Gasteiger partial charge in [-0.15, -0.1) is 0 Å². The highest BCUT2D eigenvalue weighted by Gasteiger charge is 2.36. The van der Waals surface area contributed by atoms with Crippen LogP contribution in [0.1, 0.15) is 19.4 Å². The smallest absolute Gasteiger partial charge is 0.335 e. The van der Waals surface area contributed by atoms with Crippen LogP contribution in [0.2, 0.25) is 0 Å². The third kappa shape index (κ3) is 3.45. The van der Waals surface area contributed by atoms with Crippen molar-refractivity contribution in [1.82, 2.24) is 0 Å². The number of carbonyl (C=O) groups is 2. The topological polar surface area (TPSA) is 52.6 Å². The summed E-state index contributed by atoms with van der Waals surface area (Å²) in [6.45, 7) is 3.87. The van der Waals surface area contributed by atoms with Crippen LogP contribution in [0.5, 0.6) is 0 Å². The highest BCUT2D eigenvalue weighted by atomic mass is 16.5. The summed E-state index contributed by atoms with van der Waals surface area (Å²) < 4.78 is 10.2. The Bertz CT molecular complexity index is 613. The second-order valence-electron chi connectivity index (χ2n) is 5.38. The van der Waals surface area contributed by atoms with Gasteiger partial charge in [0, 0.05) is 0 Å². The first-order chi connectivity index (χ1) is 10.5. The third-order valence-corrected chi connectivity index (χ3v) is 3.80. The summed E-state index contributed by atoms with van der Waals surface area (Å²) in [7, 11) is 1.33. The van der Waals surface area contributed by atoms with Gasteiger partial charge in [-0.1, -0.05) is 49.4 Å². The van der Waals surface area contributed by atoms with Crippen molar-refractivity contribution in [2.75, 3.05) is 7.11 Å². The molecule has 116 valence electrons. The summed E-state index contributed by atoms with van der Waals surface area (Å²) in [5.41, 5.74) is 2.03. The fourth-order valence-electron chi connectivity index (χ4n) is 2.55. The van der Waals surface area contributed by atoms with Gasteiger partial charge in [-0.3, -0.25) is 4.79 Å². The third-order valence-electron chi connectivity index (χ3n) is 3.80. The second-order valence-corrected chi connectivity index (χ2v) is 5.38. The molecule has 1 aliphatic carbocycles. The van der Waals surface area contributed by atoms with Crippen molar-refractivity contribution in [1.29, 1.82) is 0 Å². The Balaban J connectivity index is 2.17. The molecule has 0 heterocycles. The van der Waals surface area contributed by atoms with E-state index in [2.05, 4.69) is 0 Å². The molecule has 0 amide bonds. The van der Waals surface area contributed by atoms with Gasteiger partial charge in [0.1, 0.15) is 6.61 Å². The Morgan fingerprint density at radius 1 is 1.18 bits per heavy atom. The predicted octanol–water partition coefficient (Wildman–Crippen LogP) is 3.04. The van der Waals surface area contributed by atoms with Crippen molar-refractivity contribution in [3.05, 3.63) is 59.2 Å². The lowest BCUT2D eigenvalue weighted by Gasteiger charge is -2.25. The van der Waals surface area contributed by atoms with Crippen molar-refractivity contribution in [2.24, 2.45) is 11.8 Å². The first kappa shape index (κ1) is 16.0. The molecular formula is C18H20O4. The average molecular weight is 300 g/mol. The predicted molar refractivity (Wildman–Crippen MR) is 82.7 cm³/mol. The molecule has 0 unspecified atom stereocenters. The van der Waals surface area contributed by atoms with E-state index in [9.17, 15) is 9.59 Å². The molecule has 0 saturated heterocycles. The fourth-order valence-corrected chi connectivity index (χ4v) is 2.55. The van der Waals surface area contributed by atoms with E-state index in [0.29, 0.717) is 5.57 Å². The Morgan fingerprint density at radius 3 is 2.50 bits per heavy atom. The number of rotatable bonds is 4. The van der Waals surface area contributed by atoms with Crippen LogP contribution in [-0.4, -0.2) is 19.0 Å². The van der Waals surface area contributed by atoms with Gasteiger partial charge in [-0.2, -0.15) is 0 Å². The maximum atomic E-state index is 12.4. The molecule has 2 rings (SSSR count). The molecule has 22 heavy (non-hydrogen) atoms. The zero-order valence-electron chi connectivity index (χ0n) is 13.0. The molecule has 4 heteroatoms. The molecule has 2 atom stereocenters. The zero-order chi connectivity index (χ0) is 16.1. The SMILES string of the molecule is COC(=O)[C@@H]1C(C(=O)OCc2ccccc2)=C(C)C=C[C@H]1C. The Kier molecular flexibility index (Phi) is 5.15. The van der Waals surface area contributed by atoms with Gasteiger partial charge < -0.3 is 9.47 Å². The van der Waals surface area contributed by atoms with Crippen molar-refractivity contribution in [2.45, 2.75) is 20.5 Å². The Morgan fingerprint density at radius 2 is 1.86 bits per heavy atom. The number of methoxy groups -OCH3 is 1. The summed E-state index contributed by atoms with van der Waals surface area (Å²) in [6.07, 6.45) is 3.76. The van der Waals surface area contributed by atoms with Crippen LogP contribution in [0.3, 0.4) is 0 Å². The van der Waals surface area contributed by atoms with E-state index >= 15 is 0 Å². The number of ether oxygens (including phenoxy) is 2. The molecular weight excluding hydrogens is 280 g/mol. The number of esters is 2. The van der Waals surface area contributed by atoms with Crippen LogP contribution in [0, 0.1) is 11.8 Å². The van der Waals surface area contributed by atoms with Gasteiger partial charge in [0.15, 0.2) is 0 Å². The number of carbonyl (C=O) groups excluding carboxylic acids is 2. The largest absolute Gasteiger partial charge is 0.469 e.